The maximum absolute atomic E-state index is 11.8. The lowest BCUT2D eigenvalue weighted by molar-refractivity contribution is -0.152. The number of rotatable bonds is 3. The Labute approximate surface area is 95.4 Å². The molecule has 1 aliphatic carbocycles. The summed E-state index contributed by atoms with van der Waals surface area (Å²) in [4.78, 5) is 22.9. The fourth-order valence-electron chi connectivity index (χ4n) is 1.63. The molecular formula is C11H20N2O3. The first kappa shape index (κ1) is 13.0. The molecule has 1 aliphatic rings. The Morgan fingerprint density at radius 2 is 1.88 bits per heavy atom. The molecule has 1 unspecified atom stereocenters. The van der Waals surface area contributed by atoms with Gasteiger partial charge in [0, 0.05) is 0 Å². The Hall–Kier alpha value is -1.10. The van der Waals surface area contributed by atoms with Crippen LogP contribution < -0.4 is 11.1 Å². The Morgan fingerprint density at radius 3 is 2.12 bits per heavy atom. The van der Waals surface area contributed by atoms with Crippen LogP contribution in [0, 0.1) is 5.41 Å². The third-order valence-corrected chi connectivity index (χ3v) is 3.19. The molecule has 0 aliphatic heterocycles. The maximum Gasteiger partial charge on any atom is 0.329 e. The number of nitrogens with two attached hydrogens (primary N) is 1. The molecule has 4 N–H and O–H groups in total. The van der Waals surface area contributed by atoms with Gasteiger partial charge in [0.05, 0.1) is 6.04 Å². The van der Waals surface area contributed by atoms with E-state index in [0.717, 1.165) is 6.42 Å². The van der Waals surface area contributed by atoms with Crippen molar-refractivity contribution in [1.82, 2.24) is 5.32 Å². The molecule has 5 heteroatoms. The average Bonchev–Trinajstić information content (AvgIpc) is 2.07. The van der Waals surface area contributed by atoms with Crippen molar-refractivity contribution in [1.29, 1.82) is 0 Å². The molecule has 1 atom stereocenters. The molecule has 0 aromatic rings. The molecule has 1 fully saturated rings. The third-order valence-electron chi connectivity index (χ3n) is 3.19. The second-order valence-electron chi connectivity index (χ2n) is 5.57. The second kappa shape index (κ2) is 4.05. The number of nitrogens with one attached hydrogen (secondary N) is 1. The highest BCUT2D eigenvalue weighted by Gasteiger charge is 2.47. The van der Waals surface area contributed by atoms with E-state index in [1.165, 1.54) is 0 Å². The third kappa shape index (κ3) is 2.35. The van der Waals surface area contributed by atoms with E-state index < -0.39 is 17.6 Å². The van der Waals surface area contributed by atoms with Gasteiger partial charge in [0.2, 0.25) is 5.91 Å². The molecule has 1 rings (SSSR count). The van der Waals surface area contributed by atoms with Gasteiger partial charge >= 0.3 is 5.97 Å². The highest BCUT2D eigenvalue weighted by atomic mass is 16.4. The summed E-state index contributed by atoms with van der Waals surface area (Å²) < 4.78 is 0. The molecule has 0 aromatic carbocycles. The fraction of sp³-hybridized carbons (Fsp3) is 0.818. The van der Waals surface area contributed by atoms with Crippen molar-refractivity contribution in [2.45, 2.75) is 51.6 Å². The van der Waals surface area contributed by atoms with Crippen LogP contribution >= 0.6 is 0 Å². The molecule has 0 spiro atoms. The number of hydrogen-bond donors (Lipinski definition) is 3. The van der Waals surface area contributed by atoms with E-state index in [1.807, 2.05) is 20.8 Å². The molecule has 0 radical (unpaired) electrons. The number of carboxylic acids is 1. The fourth-order valence-corrected chi connectivity index (χ4v) is 1.63. The van der Waals surface area contributed by atoms with Gasteiger partial charge < -0.3 is 16.2 Å². The predicted octanol–water partition coefficient (Wildman–Crippen LogP) is 0.483. The Bertz CT molecular complexity index is 303. The summed E-state index contributed by atoms with van der Waals surface area (Å²) in [6.45, 7) is 5.56. The number of carbonyl (C=O) groups excluding carboxylic acids is 1. The molecule has 0 saturated heterocycles. The normalized spacial score (nSPS) is 20.8. The summed E-state index contributed by atoms with van der Waals surface area (Å²) in [5.74, 6) is -1.34. The second-order valence-corrected chi connectivity index (χ2v) is 5.57. The van der Waals surface area contributed by atoms with Crippen molar-refractivity contribution >= 4 is 11.9 Å². The number of carboxylic acid groups (broad SMARTS) is 1. The average molecular weight is 228 g/mol. The first-order valence-electron chi connectivity index (χ1n) is 5.50. The van der Waals surface area contributed by atoms with Crippen LogP contribution in [0.1, 0.15) is 40.0 Å². The van der Waals surface area contributed by atoms with E-state index in [2.05, 4.69) is 5.32 Å². The molecule has 5 nitrogen and oxygen atoms in total. The first-order chi connectivity index (χ1) is 7.19. The van der Waals surface area contributed by atoms with Crippen molar-refractivity contribution in [3.05, 3.63) is 0 Å². The van der Waals surface area contributed by atoms with Gasteiger partial charge in [0.25, 0.3) is 0 Å². The predicted molar refractivity (Wildman–Crippen MR) is 59.8 cm³/mol. The number of carbonyl (C=O) groups is 2. The van der Waals surface area contributed by atoms with Gasteiger partial charge in [-0.1, -0.05) is 20.8 Å². The smallest absolute Gasteiger partial charge is 0.329 e. The molecular weight excluding hydrogens is 208 g/mol. The molecule has 0 heterocycles. The molecule has 1 saturated carbocycles. The van der Waals surface area contributed by atoms with E-state index in [0.29, 0.717) is 12.8 Å². The monoisotopic (exact) mass is 228 g/mol. The summed E-state index contributed by atoms with van der Waals surface area (Å²) in [5, 5.41) is 11.6. The lowest BCUT2D eigenvalue weighted by Gasteiger charge is -2.40. The topological polar surface area (TPSA) is 92.4 Å². The van der Waals surface area contributed by atoms with E-state index in [4.69, 9.17) is 10.8 Å². The first-order valence-corrected chi connectivity index (χ1v) is 5.50. The Kier molecular flexibility index (Phi) is 3.28. The molecule has 16 heavy (non-hydrogen) atoms. The number of aliphatic carboxylic acids is 1. The van der Waals surface area contributed by atoms with Gasteiger partial charge in [-0.3, -0.25) is 4.79 Å². The summed E-state index contributed by atoms with van der Waals surface area (Å²) >= 11 is 0. The van der Waals surface area contributed by atoms with Crippen molar-refractivity contribution in [3.8, 4) is 0 Å². The van der Waals surface area contributed by atoms with Crippen LogP contribution in [0.15, 0.2) is 0 Å². The molecule has 0 bridgehead atoms. The molecule has 1 amide bonds. The molecule has 0 aromatic heterocycles. The minimum Gasteiger partial charge on any atom is -0.480 e. The lowest BCUT2D eigenvalue weighted by atomic mass is 9.76. The summed E-state index contributed by atoms with van der Waals surface area (Å²) in [7, 11) is 0. The summed E-state index contributed by atoms with van der Waals surface area (Å²) in [6.07, 6.45) is 1.81. The zero-order chi connectivity index (χ0) is 12.6. The highest BCUT2D eigenvalue weighted by Crippen LogP contribution is 2.32. The van der Waals surface area contributed by atoms with Crippen LogP contribution in [-0.4, -0.2) is 28.6 Å². The van der Waals surface area contributed by atoms with Gasteiger partial charge in [-0.05, 0) is 24.7 Å². The zero-order valence-corrected chi connectivity index (χ0v) is 10.0. The van der Waals surface area contributed by atoms with Crippen molar-refractivity contribution in [2.24, 2.45) is 11.1 Å². The summed E-state index contributed by atoms with van der Waals surface area (Å²) in [5.41, 5.74) is 4.34. The van der Waals surface area contributed by atoms with Gasteiger partial charge in [-0.25, -0.2) is 4.79 Å². The molecule has 92 valence electrons. The van der Waals surface area contributed by atoms with Crippen molar-refractivity contribution in [2.75, 3.05) is 0 Å². The largest absolute Gasteiger partial charge is 0.480 e. The van der Waals surface area contributed by atoms with Gasteiger partial charge in [0.1, 0.15) is 5.54 Å². The highest BCUT2D eigenvalue weighted by molar-refractivity contribution is 5.90. The van der Waals surface area contributed by atoms with Crippen LogP contribution in [0.3, 0.4) is 0 Å². The van der Waals surface area contributed by atoms with Gasteiger partial charge in [-0.2, -0.15) is 0 Å². The van der Waals surface area contributed by atoms with Crippen LogP contribution in [0.5, 0.6) is 0 Å². The van der Waals surface area contributed by atoms with E-state index in [9.17, 15) is 9.59 Å². The van der Waals surface area contributed by atoms with Gasteiger partial charge in [0.15, 0.2) is 0 Å². The quantitative estimate of drug-likeness (QED) is 0.655. The summed E-state index contributed by atoms with van der Waals surface area (Å²) in [6, 6.07) is -0.690. The van der Waals surface area contributed by atoms with Crippen LogP contribution in [0.4, 0.5) is 0 Å². The zero-order valence-electron chi connectivity index (χ0n) is 10.0. The lowest BCUT2D eigenvalue weighted by Crippen LogP contribution is -2.63. The standard InChI is InChI=1S/C11H20N2O3/c1-10(2,3)7(12)8(14)13-11(9(15)16)5-4-6-11/h7H,4-6,12H2,1-3H3,(H,13,14)(H,15,16). The van der Waals surface area contributed by atoms with Crippen LogP contribution in [0.25, 0.3) is 0 Å². The van der Waals surface area contributed by atoms with Crippen LogP contribution in [-0.2, 0) is 9.59 Å². The van der Waals surface area contributed by atoms with E-state index in [-0.39, 0.29) is 11.3 Å². The van der Waals surface area contributed by atoms with Crippen molar-refractivity contribution in [3.63, 3.8) is 0 Å². The maximum atomic E-state index is 11.8. The van der Waals surface area contributed by atoms with Gasteiger partial charge in [-0.15, -0.1) is 0 Å². The minimum atomic E-state index is -1.07. The SMILES string of the molecule is CC(C)(C)C(N)C(=O)NC1(C(=O)O)CCC1. The number of hydrogen-bond acceptors (Lipinski definition) is 3. The van der Waals surface area contributed by atoms with Crippen LogP contribution in [0.2, 0.25) is 0 Å². The number of amides is 1. The van der Waals surface area contributed by atoms with Crippen molar-refractivity contribution < 1.29 is 14.7 Å². The minimum absolute atomic E-state index is 0.368. The Balaban J connectivity index is 2.67. The van der Waals surface area contributed by atoms with E-state index >= 15 is 0 Å². The Morgan fingerprint density at radius 1 is 1.38 bits per heavy atom. The van der Waals surface area contributed by atoms with E-state index in [1.54, 1.807) is 0 Å².